The first-order valence-corrected chi connectivity index (χ1v) is 4.97. The topological polar surface area (TPSA) is 51.8 Å². The predicted molar refractivity (Wildman–Crippen MR) is 52.3 cm³/mol. The van der Waals surface area contributed by atoms with Gasteiger partial charge in [0, 0.05) is 5.41 Å². The Kier molecular flexibility index (Phi) is 2.67. The van der Waals surface area contributed by atoms with Crippen LogP contribution in [0.25, 0.3) is 0 Å². The van der Waals surface area contributed by atoms with Crippen LogP contribution in [0.4, 0.5) is 5.13 Å². The molecule has 68 valence electrons. The minimum absolute atomic E-state index is 0.129. The minimum atomic E-state index is 0.129. The van der Waals surface area contributed by atoms with Gasteiger partial charge < -0.3 is 5.73 Å². The van der Waals surface area contributed by atoms with E-state index >= 15 is 0 Å². The largest absolute Gasteiger partial charge is 0.374 e. The zero-order valence-electron chi connectivity index (χ0n) is 7.79. The molecule has 3 nitrogen and oxygen atoms in total. The maximum absolute atomic E-state index is 5.52. The second-order valence-electron chi connectivity index (χ2n) is 3.58. The van der Waals surface area contributed by atoms with Gasteiger partial charge in [-0.15, -0.1) is 10.2 Å². The van der Waals surface area contributed by atoms with Crippen molar-refractivity contribution in [2.45, 2.75) is 39.0 Å². The molecule has 0 aliphatic rings. The molecule has 1 aromatic rings. The smallest absolute Gasteiger partial charge is 0.203 e. The summed E-state index contributed by atoms with van der Waals surface area (Å²) in [7, 11) is 0. The molecular formula is C8H15N3S. The van der Waals surface area contributed by atoms with E-state index in [4.69, 9.17) is 5.73 Å². The molecule has 0 saturated heterocycles. The number of nitrogen functional groups attached to an aromatic ring is 1. The molecular weight excluding hydrogens is 170 g/mol. The van der Waals surface area contributed by atoms with Gasteiger partial charge in [-0.2, -0.15) is 0 Å². The van der Waals surface area contributed by atoms with E-state index in [1.54, 1.807) is 0 Å². The van der Waals surface area contributed by atoms with Crippen LogP contribution in [0.15, 0.2) is 0 Å². The minimum Gasteiger partial charge on any atom is -0.374 e. The lowest BCUT2D eigenvalue weighted by atomic mass is 9.89. The Hall–Kier alpha value is -0.640. The average Bonchev–Trinajstić information content (AvgIpc) is 2.36. The van der Waals surface area contributed by atoms with Crippen molar-refractivity contribution in [3.8, 4) is 0 Å². The number of rotatable bonds is 3. The lowest BCUT2D eigenvalue weighted by Crippen LogP contribution is -2.16. The van der Waals surface area contributed by atoms with Gasteiger partial charge in [0.2, 0.25) is 5.13 Å². The van der Waals surface area contributed by atoms with Gasteiger partial charge in [-0.05, 0) is 6.42 Å². The number of aromatic nitrogens is 2. The normalized spacial score (nSPS) is 11.9. The summed E-state index contributed by atoms with van der Waals surface area (Å²) in [6.45, 7) is 6.53. The van der Waals surface area contributed by atoms with Crippen LogP contribution in [0.2, 0.25) is 0 Å². The first-order chi connectivity index (χ1) is 5.56. The summed E-state index contributed by atoms with van der Waals surface area (Å²) in [6.07, 6.45) is 2.29. The van der Waals surface area contributed by atoms with Crippen molar-refractivity contribution in [3.05, 3.63) is 5.01 Å². The highest BCUT2D eigenvalue weighted by molar-refractivity contribution is 7.15. The average molecular weight is 185 g/mol. The number of nitrogens with two attached hydrogens (primary N) is 1. The molecule has 1 aromatic heterocycles. The Bertz CT molecular complexity index is 255. The Morgan fingerprint density at radius 3 is 2.50 bits per heavy atom. The second kappa shape index (κ2) is 3.39. The molecule has 0 aromatic carbocycles. The van der Waals surface area contributed by atoms with E-state index in [1.807, 2.05) is 0 Å². The third kappa shape index (κ3) is 1.94. The van der Waals surface area contributed by atoms with Gasteiger partial charge in [-0.1, -0.05) is 38.5 Å². The van der Waals surface area contributed by atoms with Gasteiger partial charge in [0.25, 0.3) is 0 Å². The predicted octanol–water partition coefficient (Wildman–Crippen LogP) is 2.20. The van der Waals surface area contributed by atoms with Crippen LogP contribution in [0.5, 0.6) is 0 Å². The highest BCUT2D eigenvalue weighted by Crippen LogP contribution is 2.31. The van der Waals surface area contributed by atoms with Crippen LogP contribution >= 0.6 is 11.3 Å². The van der Waals surface area contributed by atoms with Gasteiger partial charge in [0.1, 0.15) is 5.01 Å². The summed E-state index contributed by atoms with van der Waals surface area (Å²) >= 11 is 1.49. The Labute approximate surface area is 77.0 Å². The molecule has 0 saturated carbocycles. The zero-order chi connectivity index (χ0) is 9.19. The van der Waals surface area contributed by atoms with E-state index < -0.39 is 0 Å². The summed E-state index contributed by atoms with van der Waals surface area (Å²) < 4.78 is 0. The fraction of sp³-hybridized carbons (Fsp3) is 0.750. The summed E-state index contributed by atoms with van der Waals surface area (Å²) in [5, 5.41) is 9.47. The first kappa shape index (κ1) is 9.45. The molecule has 0 fully saturated rings. The number of hydrogen-bond acceptors (Lipinski definition) is 4. The fourth-order valence-electron chi connectivity index (χ4n) is 1.24. The van der Waals surface area contributed by atoms with Crippen molar-refractivity contribution in [1.29, 1.82) is 0 Å². The molecule has 0 amide bonds. The van der Waals surface area contributed by atoms with Crippen molar-refractivity contribution >= 4 is 16.5 Å². The van der Waals surface area contributed by atoms with Crippen LogP contribution in [0.1, 0.15) is 38.6 Å². The van der Waals surface area contributed by atoms with Gasteiger partial charge >= 0.3 is 0 Å². The standard InChI is InChI=1S/C8H15N3S/c1-4-5-8(2,3)6-10-11-7(9)12-6/h4-5H2,1-3H3,(H2,9,11). The summed E-state index contributed by atoms with van der Waals surface area (Å²) in [4.78, 5) is 0. The van der Waals surface area contributed by atoms with E-state index in [0.29, 0.717) is 5.13 Å². The lowest BCUT2D eigenvalue weighted by molar-refractivity contribution is 0.467. The Morgan fingerprint density at radius 2 is 2.08 bits per heavy atom. The van der Waals surface area contributed by atoms with Gasteiger partial charge in [-0.25, -0.2) is 0 Å². The molecule has 0 atom stereocenters. The van der Waals surface area contributed by atoms with Crippen LogP contribution in [-0.2, 0) is 5.41 Å². The first-order valence-electron chi connectivity index (χ1n) is 4.15. The van der Waals surface area contributed by atoms with E-state index in [2.05, 4.69) is 31.0 Å². The van der Waals surface area contributed by atoms with E-state index in [0.717, 1.165) is 17.8 Å². The number of anilines is 1. The fourth-order valence-corrected chi connectivity index (χ4v) is 1.98. The van der Waals surface area contributed by atoms with Crippen molar-refractivity contribution in [2.24, 2.45) is 0 Å². The third-order valence-corrected chi connectivity index (χ3v) is 3.01. The van der Waals surface area contributed by atoms with Crippen LogP contribution < -0.4 is 5.73 Å². The maximum Gasteiger partial charge on any atom is 0.203 e. The lowest BCUT2D eigenvalue weighted by Gasteiger charge is -2.19. The quantitative estimate of drug-likeness (QED) is 0.785. The molecule has 1 heterocycles. The Balaban J connectivity index is 2.81. The molecule has 2 N–H and O–H groups in total. The van der Waals surface area contributed by atoms with Crippen LogP contribution in [0.3, 0.4) is 0 Å². The molecule has 0 unspecified atom stereocenters. The third-order valence-electron chi connectivity index (χ3n) is 1.89. The molecule has 12 heavy (non-hydrogen) atoms. The monoisotopic (exact) mass is 185 g/mol. The van der Waals surface area contributed by atoms with Crippen LogP contribution in [-0.4, -0.2) is 10.2 Å². The van der Waals surface area contributed by atoms with Crippen LogP contribution in [0, 0.1) is 0 Å². The highest BCUT2D eigenvalue weighted by atomic mass is 32.1. The van der Waals surface area contributed by atoms with Crippen molar-refractivity contribution < 1.29 is 0 Å². The second-order valence-corrected chi connectivity index (χ2v) is 4.59. The Morgan fingerprint density at radius 1 is 1.42 bits per heavy atom. The van der Waals surface area contributed by atoms with Crippen molar-refractivity contribution in [2.75, 3.05) is 5.73 Å². The van der Waals surface area contributed by atoms with Gasteiger partial charge in [0.05, 0.1) is 0 Å². The number of nitrogens with zero attached hydrogens (tertiary/aromatic N) is 2. The number of hydrogen-bond donors (Lipinski definition) is 1. The molecule has 0 spiro atoms. The SMILES string of the molecule is CCCC(C)(C)c1nnc(N)s1. The maximum atomic E-state index is 5.52. The molecule has 0 bridgehead atoms. The molecule has 1 rings (SSSR count). The van der Waals surface area contributed by atoms with E-state index in [9.17, 15) is 0 Å². The highest BCUT2D eigenvalue weighted by Gasteiger charge is 2.23. The van der Waals surface area contributed by atoms with Crippen molar-refractivity contribution in [3.63, 3.8) is 0 Å². The zero-order valence-corrected chi connectivity index (χ0v) is 8.61. The van der Waals surface area contributed by atoms with Gasteiger partial charge in [-0.3, -0.25) is 0 Å². The van der Waals surface area contributed by atoms with E-state index in [-0.39, 0.29) is 5.41 Å². The summed E-state index contributed by atoms with van der Waals surface area (Å²) in [6, 6.07) is 0. The van der Waals surface area contributed by atoms with Crippen molar-refractivity contribution in [1.82, 2.24) is 10.2 Å². The molecule has 4 heteroatoms. The van der Waals surface area contributed by atoms with E-state index in [1.165, 1.54) is 11.3 Å². The molecule has 0 radical (unpaired) electrons. The molecule has 0 aliphatic carbocycles. The molecule has 0 aliphatic heterocycles. The summed E-state index contributed by atoms with van der Waals surface area (Å²) in [5.41, 5.74) is 5.65. The van der Waals surface area contributed by atoms with Gasteiger partial charge in [0.15, 0.2) is 0 Å². The summed E-state index contributed by atoms with van der Waals surface area (Å²) in [5.74, 6) is 0.